The van der Waals surface area contributed by atoms with Crippen molar-refractivity contribution in [3.63, 3.8) is 0 Å². The Morgan fingerprint density at radius 3 is 2.53 bits per heavy atom. The fourth-order valence-electron chi connectivity index (χ4n) is 1.86. The molecule has 2 amide bonds. The Kier molecular flexibility index (Phi) is 6.36. The van der Waals surface area contributed by atoms with Crippen LogP contribution < -0.4 is 11.1 Å². The van der Waals surface area contributed by atoms with Gasteiger partial charge in [-0.2, -0.15) is 11.8 Å². The van der Waals surface area contributed by atoms with Crippen LogP contribution in [-0.4, -0.2) is 40.6 Å². The largest absolute Gasteiger partial charge is 0.393 e. The lowest BCUT2D eigenvalue weighted by molar-refractivity contribution is -0.121. The maximum absolute atomic E-state index is 11.5. The molecule has 1 aliphatic rings. The number of carbonyl (C=O) groups is 2. The van der Waals surface area contributed by atoms with E-state index in [1.54, 1.807) is 0 Å². The lowest BCUT2D eigenvalue weighted by atomic mass is 9.93. The van der Waals surface area contributed by atoms with Crippen molar-refractivity contribution in [2.45, 2.75) is 44.2 Å². The molecule has 0 aromatic heterocycles. The molecule has 5 nitrogen and oxygen atoms in total. The number of nitrogens with one attached hydrogen (secondary N) is 1. The third kappa shape index (κ3) is 6.53. The van der Waals surface area contributed by atoms with E-state index < -0.39 is 0 Å². The van der Waals surface area contributed by atoms with E-state index in [2.05, 4.69) is 5.32 Å². The number of hydrogen-bond acceptors (Lipinski definition) is 4. The molecular formula is C11H20N2O3S. The predicted molar refractivity (Wildman–Crippen MR) is 67.5 cm³/mol. The highest BCUT2D eigenvalue weighted by Crippen LogP contribution is 2.18. The van der Waals surface area contributed by atoms with E-state index in [0.717, 1.165) is 25.7 Å². The highest BCUT2D eigenvalue weighted by Gasteiger charge is 2.20. The summed E-state index contributed by atoms with van der Waals surface area (Å²) in [5.41, 5.74) is 4.99. The third-order valence-electron chi connectivity index (χ3n) is 2.78. The van der Waals surface area contributed by atoms with Crippen LogP contribution in [0.2, 0.25) is 0 Å². The molecule has 6 heteroatoms. The number of primary amides is 1. The van der Waals surface area contributed by atoms with E-state index in [1.165, 1.54) is 11.8 Å². The molecule has 0 spiro atoms. The van der Waals surface area contributed by atoms with Gasteiger partial charge >= 0.3 is 0 Å². The zero-order valence-electron chi connectivity index (χ0n) is 9.85. The Balaban J connectivity index is 2.06. The van der Waals surface area contributed by atoms with Crippen LogP contribution in [0.5, 0.6) is 0 Å². The molecule has 17 heavy (non-hydrogen) atoms. The summed E-state index contributed by atoms with van der Waals surface area (Å²) in [6.45, 7) is 0. The van der Waals surface area contributed by atoms with Gasteiger partial charge in [0.2, 0.25) is 11.8 Å². The number of aliphatic hydroxyl groups excluding tert-OH is 1. The molecule has 0 aliphatic heterocycles. The Morgan fingerprint density at radius 1 is 1.29 bits per heavy atom. The molecule has 0 unspecified atom stereocenters. The summed E-state index contributed by atoms with van der Waals surface area (Å²) in [5.74, 6) is 0.549. The lowest BCUT2D eigenvalue weighted by Gasteiger charge is -2.26. The predicted octanol–water partition coefficient (Wildman–Crippen LogP) is 0.0147. The molecule has 98 valence electrons. The molecule has 0 bridgehead atoms. The van der Waals surface area contributed by atoms with Gasteiger partial charge in [0, 0.05) is 18.2 Å². The Hall–Kier alpha value is -0.750. The van der Waals surface area contributed by atoms with Gasteiger partial charge in [-0.15, -0.1) is 0 Å². The van der Waals surface area contributed by atoms with E-state index in [4.69, 9.17) is 5.73 Å². The molecule has 1 fully saturated rings. The van der Waals surface area contributed by atoms with Crippen LogP contribution in [0, 0.1) is 0 Å². The van der Waals surface area contributed by atoms with Gasteiger partial charge in [0.25, 0.3) is 0 Å². The Bertz CT molecular complexity index is 265. The van der Waals surface area contributed by atoms with Gasteiger partial charge in [-0.1, -0.05) is 0 Å². The van der Waals surface area contributed by atoms with Crippen LogP contribution in [0.1, 0.15) is 32.1 Å². The maximum Gasteiger partial charge on any atom is 0.227 e. The molecule has 1 aliphatic carbocycles. The molecule has 4 N–H and O–H groups in total. The molecule has 0 atom stereocenters. The average molecular weight is 260 g/mol. The normalized spacial score (nSPS) is 24.3. The summed E-state index contributed by atoms with van der Waals surface area (Å²) >= 11 is 1.38. The summed E-state index contributed by atoms with van der Waals surface area (Å²) in [7, 11) is 0. The van der Waals surface area contributed by atoms with Crippen LogP contribution in [0.3, 0.4) is 0 Å². The van der Waals surface area contributed by atoms with E-state index in [9.17, 15) is 14.7 Å². The van der Waals surface area contributed by atoms with Gasteiger partial charge in [0.15, 0.2) is 0 Å². The highest BCUT2D eigenvalue weighted by molar-refractivity contribution is 7.99. The first-order valence-electron chi connectivity index (χ1n) is 5.91. The standard InChI is InChI=1S/C11H20N2O3S/c12-10(15)7-17-6-5-11(16)13-8-1-3-9(14)4-2-8/h8-9,14H,1-7H2,(H2,12,15)(H,13,16). The molecule has 0 aromatic rings. The first-order chi connectivity index (χ1) is 8.08. The van der Waals surface area contributed by atoms with Crippen LogP contribution in [0.4, 0.5) is 0 Å². The molecule has 1 rings (SSSR count). The minimum absolute atomic E-state index is 0.0170. The summed E-state index contributed by atoms with van der Waals surface area (Å²) in [5, 5.41) is 12.3. The number of carbonyl (C=O) groups excluding carboxylic acids is 2. The van der Waals surface area contributed by atoms with Crippen molar-refractivity contribution >= 4 is 23.6 Å². The van der Waals surface area contributed by atoms with Crippen LogP contribution >= 0.6 is 11.8 Å². The van der Waals surface area contributed by atoms with Crippen molar-refractivity contribution in [2.75, 3.05) is 11.5 Å². The van der Waals surface area contributed by atoms with Crippen molar-refractivity contribution in [1.29, 1.82) is 0 Å². The zero-order chi connectivity index (χ0) is 12.7. The molecule has 0 radical (unpaired) electrons. The van der Waals surface area contributed by atoms with Gasteiger partial charge in [-0.3, -0.25) is 9.59 Å². The van der Waals surface area contributed by atoms with Crippen molar-refractivity contribution in [2.24, 2.45) is 5.73 Å². The number of amides is 2. The minimum atomic E-state index is -0.350. The number of nitrogens with two attached hydrogens (primary N) is 1. The second-order valence-corrected chi connectivity index (χ2v) is 5.45. The van der Waals surface area contributed by atoms with Gasteiger partial charge in [-0.25, -0.2) is 0 Å². The lowest BCUT2D eigenvalue weighted by Crippen LogP contribution is -2.38. The maximum atomic E-state index is 11.5. The Labute approximate surface area is 106 Å². The van der Waals surface area contributed by atoms with E-state index in [1.807, 2.05) is 0 Å². The summed E-state index contributed by atoms with van der Waals surface area (Å²) in [6.07, 6.45) is 3.44. The fraction of sp³-hybridized carbons (Fsp3) is 0.818. The fourth-order valence-corrected chi connectivity index (χ4v) is 2.53. The van der Waals surface area contributed by atoms with Crippen molar-refractivity contribution in [3.8, 4) is 0 Å². The number of hydrogen-bond donors (Lipinski definition) is 3. The van der Waals surface area contributed by atoms with E-state index in [-0.39, 0.29) is 29.7 Å². The topological polar surface area (TPSA) is 92.4 Å². The van der Waals surface area contributed by atoms with Crippen molar-refractivity contribution in [3.05, 3.63) is 0 Å². The molecule has 0 aromatic carbocycles. The minimum Gasteiger partial charge on any atom is -0.393 e. The second-order valence-electron chi connectivity index (χ2n) is 4.34. The van der Waals surface area contributed by atoms with Gasteiger partial charge in [0.05, 0.1) is 11.9 Å². The van der Waals surface area contributed by atoms with Crippen molar-refractivity contribution in [1.82, 2.24) is 5.32 Å². The van der Waals surface area contributed by atoms with Crippen molar-refractivity contribution < 1.29 is 14.7 Å². The summed E-state index contributed by atoms with van der Waals surface area (Å²) < 4.78 is 0. The van der Waals surface area contributed by atoms with Crippen LogP contribution in [0.25, 0.3) is 0 Å². The van der Waals surface area contributed by atoms with Crippen LogP contribution in [0.15, 0.2) is 0 Å². The number of rotatable bonds is 6. The second kappa shape index (κ2) is 7.55. The summed E-state index contributed by atoms with van der Waals surface area (Å²) in [6, 6.07) is 0.201. The number of aliphatic hydroxyl groups is 1. The van der Waals surface area contributed by atoms with Gasteiger partial charge < -0.3 is 16.2 Å². The van der Waals surface area contributed by atoms with E-state index in [0.29, 0.717) is 12.2 Å². The highest BCUT2D eigenvalue weighted by atomic mass is 32.2. The van der Waals surface area contributed by atoms with E-state index >= 15 is 0 Å². The zero-order valence-corrected chi connectivity index (χ0v) is 10.7. The first kappa shape index (κ1) is 14.3. The molecular weight excluding hydrogens is 240 g/mol. The molecule has 0 saturated heterocycles. The Morgan fingerprint density at radius 2 is 1.94 bits per heavy atom. The van der Waals surface area contributed by atoms with Gasteiger partial charge in [-0.05, 0) is 25.7 Å². The molecule has 0 heterocycles. The van der Waals surface area contributed by atoms with Gasteiger partial charge in [0.1, 0.15) is 0 Å². The quantitative estimate of drug-likeness (QED) is 0.587. The van der Waals surface area contributed by atoms with Crippen LogP contribution in [-0.2, 0) is 9.59 Å². The smallest absolute Gasteiger partial charge is 0.227 e. The number of thioether (sulfide) groups is 1. The average Bonchev–Trinajstić information content (AvgIpc) is 2.27. The monoisotopic (exact) mass is 260 g/mol. The first-order valence-corrected chi connectivity index (χ1v) is 7.07. The molecule has 1 saturated carbocycles. The summed E-state index contributed by atoms with van der Waals surface area (Å²) in [4.78, 5) is 22.0. The SMILES string of the molecule is NC(=O)CSCCC(=O)NC1CCC(O)CC1. The third-order valence-corrected chi connectivity index (χ3v) is 3.76.